The van der Waals surface area contributed by atoms with E-state index in [0.29, 0.717) is 6.61 Å². The lowest BCUT2D eigenvalue weighted by Gasteiger charge is -2.17. The van der Waals surface area contributed by atoms with Crippen molar-refractivity contribution in [2.75, 3.05) is 6.61 Å². The summed E-state index contributed by atoms with van der Waals surface area (Å²) in [6.07, 6.45) is 0. The number of hydrogen-bond donors (Lipinski definition) is 3. The van der Waals surface area contributed by atoms with Gasteiger partial charge in [0.05, 0.1) is 23.7 Å². The molecule has 0 saturated heterocycles. The fourth-order valence-corrected chi connectivity index (χ4v) is 2.45. The highest BCUT2D eigenvalue weighted by Crippen LogP contribution is 2.29. The molecular weight excluding hydrogens is 266 g/mol. The Morgan fingerprint density at radius 1 is 1.14 bits per heavy atom. The van der Waals surface area contributed by atoms with E-state index in [0.717, 1.165) is 27.9 Å². The lowest BCUT2D eigenvalue weighted by atomic mass is 9.98. The number of para-hydroxylation sites is 1. The van der Waals surface area contributed by atoms with Crippen molar-refractivity contribution in [2.24, 2.45) is 5.73 Å². The van der Waals surface area contributed by atoms with Crippen LogP contribution in [-0.2, 0) is 0 Å². The number of aromatic amines is 2. The number of imidazole rings is 1. The number of rotatable bonds is 4. The number of hydrogen-bond acceptors (Lipinski definition) is 3. The fourth-order valence-electron chi connectivity index (χ4n) is 2.45. The minimum Gasteiger partial charge on any atom is -0.494 e. The minimum absolute atomic E-state index is 0.217. The van der Waals surface area contributed by atoms with E-state index in [-0.39, 0.29) is 11.7 Å². The molecule has 2 aromatic carbocycles. The maximum Gasteiger partial charge on any atom is 0.323 e. The van der Waals surface area contributed by atoms with Crippen molar-refractivity contribution in [2.45, 2.75) is 13.0 Å². The van der Waals surface area contributed by atoms with Crippen molar-refractivity contribution in [3.8, 4) is 5.75 Å². The van der Waals surface area contributed by atoms with Gasteiger partial charge in [-0.1, -0.05) is 24.3 Å². The summed E-state index contributed by atoms with van der Waals surface area (Å²) in [6.45, 7) is 2.53. The maximum atomic E-state index is 11.3. The van der Waals surface area contributed by atoms with E-state index in [1.54, 1.807) is 0 Å². The Morgan fingerprint density at radius 2 is 1.90 bits per heavy atom. The molecule has 0 radical (unpaired) electrons. The number of fused-ring (bicyclic) bond motifs is 1. The van der Waals surface area contributed by atoms with Gasteiger partial charge in [0, 0.05) is 5.56 Å². The minimum atomic E-state index is -0.310. The summed E-state index contributed by atoms with van der Waals surface area (Å²) in [5, 5.41) is 0. The Hall–Kier alpha value is -2.53. The Kier molecular flexibility index (Phi) is 3.50. The van der Waals surface area contributed by atoms with Gasteiger partial charge in [0.15, 0.2) is 0 Å². The van der Waals surface area contributed by atoms with Gasteiger partial charge in [-0.3, -0.25) is 0 Å². The van der Waals surface area contributed by atoms with Gasteiger partial charge in [-0.25, -0.2) is 4.79 Å². The van der Waals surface area contributed by atoms with Gasteiger partial charge in [0.2, 0.25) is 0 Å². The molecule has 4 N–H and O–H groups in total. The number of aromatic nitrogens is 2. The highest BCUT2D eigenvalue weighted by molar-refractivity contribution is 5.75. The summed E-state index contributed by atoms with van der Waals surface area (Å²) in [4.78, 5) is 16.8. The second-order valence-electron chi connectivity index (χ2n) is 4.83. The predicted molar refractivity (Wildman–Crippen MR) is 82.6 cm³/mol. The van der Waals surface area contributed by atoms with E-state index >= 15 is 0 Å². The summed E-state index contributed by atoms with van der Waals surface area (Å²) in [7, 11) is 0. The molecule has 21 heavy (non-hydrogen) atoms. The molecule has 0 aliphatic rings. The first-order chi connectivity index (χ1) is 10.2. The third-order valence-corrected chi connectivity index (χ3v) is 3.45. The van der Waals surface area contributed by atoms with Crippen LogP contribution >= 0.6 is 0 Å². The molecule has 0 amide bonds. The second-order valence-corrected chi connectivity index (χ2v) is 4.83. The van der Waals surface area contributed by atoms with Gasteiger partial charge in [-0.2, -0.15) is 0 Å². The van der Waals surface area contributed by atoms with Gasteiger partial charge >= 0.3 is 5.69 Å². The first-order valence-electron chi connectivity index (χ1n) is 6.88. The van der Waals surface area contributed by atoms with Crippen LogP contribution in [0.2, 0.25) is 0 Å². The van der Waals surface area contributed by atoms with Crippen molar-refractivity contribution in [3.63, 3.8) is 0 Å². The molecule has 108 valence electrons. The van der Waals surface area contributed by atoms with Crippen molar-refractivity contribution >= 4 is 11.0 Å². The van der Waals surface area contributed by atoms with Crippen LogP contribution in [0.25, 0.3) is 11.0 Å². The van der Waals surface area contributed by atoms with E-state index in [2.05, 4.69) is 9.97 Å². The molecule has 0 saturated carbocycles. The third kappa shape index (κ3) is 2.55. The Morgan fingerprint density at radius 3 is 2.71 bits per heavy atom. The molecule has 1 unspecified atom stereocenters. The van der Waals surface area contributed by atoms with Gasteiger partial charge in [0.1, 0.15) is 5.75 Å². The molecule has 1 atom stereocenters. The lowest BCUT2D eigenvalue weighted by Crippen LogP contribution is -2.13. The van der Waals surface area contributed by atoms with E-state index < -0.39 is 0 Å². The van der Waals surface area contributed by atoms with Crippen molar-refractivity contribution in [1.82, 2.24) is 9.97 Å². The molecule has 0 bridgehead atoms. The summed E-state index contributed by atoms with van der Waals surface area (Å²) < 4.78 is 5.63. The van der Waals surface area contributed by atoms with Gasteiger partial charge in [-0.05, 0) is 30.7 Å². The monoisotopic (exact) mass is 283 g/mol. The molecule has 0 spiro atoms. The molecule has 3 rings (SSSR count). The van der Waals surface area contributed by atoms with E-state index in [4.69, 9.17) is 10.5 Å². The van der Waals surface area contributed by atoms with Crippen molar-refractivity contribution in [1.29, 1.82) is 0 Å². The smallest absolute Gasteiger partial charge is 0.323 e. The lowest BCUT2D eigenvalue weighted by molar-refractivity contribution is 0.335. The van der Waals surface area contributed by atoms with Gasteiger partial charge in [0.25, 0.3) is 0 Å². The van der Waals surface area contributed by atoms with Crippen molar-refractivity contribution < 1.29 is 4.74 Å². The SMILES string of the molecule is CCOc1ccccc1C(N)c1ccc2[nH]c(=O)[nH]c2c1. The summed E-state index contributed by atoms with van der Waals surface area (Å²) >= 11 is 0. The zero-order valence-corrected chi connectivity index (χ0v) is 11.7. The largest absolute Gasteiger partial charge is 0.494 e. The molecule has 3 aromatic rings. The first kappa shape index (κ1) is 13.5. The van der Waals surface area contributed by atoms with Crippen LogP contribution in [0.3, 0.4) is 0 Å². The standard InChI is InChI=1S/C16H17N3O2/c1-2-21-14-6-4-3-5-11(14)15(17)10-7-8-12-13(9-10)19-16(20)18-12/h3-9,15H,2,17H2,1H3,(H2,18,19,20). The highest BCUT2D eigenvalue weighted by Gasteiger charge is 2.14. The quantitative estimate of drug-likeness (QED) is 0.687. The second kappa shape index (κ2) is 5.46. The maximum absolute atomic E-state index is 11.3. The van der Waals surface area contributed by atoms with E-state index in [9.17, 15) is 4.79 Å². The molecule has 5 heteroatoms. The van der Waals surface area contributed by atoms with Gasteiger partial charge in [-0.15, -0.1) is 0 Å². The van der Waals surface area contributed by atoms with Crippen LogP contribution in [0.1, 0.15) is 24.1 Å². The Bertz CT molecular complexity index is 820. The topological polar surface area (TPSA) is 83.9 Å². The first-order valence-corrected chi connectivity index (χ1v) is 6.88. The number of nitrogens with one attached hydrogen (secondary N) is 2. The molecule has 0 aliphatic heterocycles. The van der Waals surface area contributed by atoms with E-state index in [1.807, 2.05) is 49.4 Å². The number of H-pyrrole nitrogens is 2. The molecule has 0 fully saturated rings. The Labute approximate surface area is 121 Å². The van der Waals surface area contributed by atoms with Crippen LogP contribution in [-0.4, -0.2) is 16.6 Å². The van der Waals surface area contributed by atoms with Gasteiger partial charge < -0.3 is 20.4 Å². The molecule has 1 heterocycles. The highest BCUT2D eigenvalue weighted by atomic mass is 16.5. The fraction of sp³-hybridized carbons (Fsp3) is 0.188. The molecule has 5 nitrogen and oxygen atoms in total. The van der Waals surface area contributed by atoms with Crippen LogP contribution in [0.15, 0.2) is 47.3 Å². The molecule has 1 aromatic heterocycles. The number of benzene rings is 2. The van der Waals surface area contributed by atoms with Crippen molar-refractivity contribution in [3.05, 3.63) is 64.1 Å². The third-order valence-electron chi connectivity index (χ3n) is 3.45. The van der Waals surface area contributed by atoms with Crippen LogP contribution in [0.5, 0.6) is 5.75 Å². The average Bonchev–Trinajstić information content (AvgIpc) is 2.86. The molecule has 0 aliphatic carbocycles. The Balaban J connectivity index is 2.03. The summed E-state index contributed by atoms with van der Waals surface area (Å²) in [6, 6.07) is 13.1. The van der Waals surface area contributed by atoms with Crippen LogP contribution in [0.4, 0.5) is 0 Å². The predicted octanol–water partition coefficient (Wildman–Crippen LogP) is 2.30. The molecular formula is C16H17N3O2. The summed E-state index contributed by atoms with van der Waals surface area (Å²) in [5.74, 6) is 0.787. The number of nitrogens with two attached hydrogens (primary N) is 1. The van der Waals surface area contributed by atoms with Crippen LogP contribution in [0, 0.1) is 0 Å². The summed E-state index contributed by atoms with van der Waals surface area (Å²) in [5.41, 5.74) is 9.52. The average molecular weight is 283 g/mol. The van der Waals surface area contributed by atoms with E-state index in [1.165, 1.54) is 0 Å². The van der Waals surface area contributed by atoms with Crippen LogP contribution < -0.4 is 16.2 Å². The number of ether oxygens (including phenoxy) is 1. The normalized spacial score (nSPS) is 12.5. The zero-order valence-electron chi connectivity index (χ0n) is 11.7. The zero-order chi connectivity index (χ0) is 14.8.